The van der Waals surface area contributed by atoms with E-state index in [1.807, 2.05) is 41.9 Å². The Labute approximate surface area is 168 Å². The lowest BCUT2D eigenvalue weighted by molar-refractivity contribution is 0.321. The number of hydrogen-bond donors (Lipinski definition) is 2. The molecule has 4 rings (SSSR count). The fourth-order valence-corrected chi connectivity index (χ4v) is 3.11. The average Bonchev–Trinajstić information content (AvgIpc) is 3.03. The van der Waals surface area contributed by atoms with E-state index in [1.54, 1.807) is 18.3 Å². The number of ether oxygens (including phenoxy) is 1. The van der Waals surface area contributed by atoms with E-state index in [0.717, 1.165) is 29.1 Å². The van der Waals surface area contributed by atoms with Gasteiger partial charge in [0.25, 0.3) is 0 Å². The van der Waals surface area contributed by atoms with Crippen LogP contribution in [0.1, 0.15) is 18.2 Å². The van der Waals surface area contributed by atoms with Gasteiger partial charge in [0.15, 0.2) is 0 Å². The Morgan fingerprint density at radius 3 is 2.83 bits per heavy atom. The van der Waals surface area contributed by atoms with Crippen LogP contribution in [0.25, 0.3) is 11.0 Å². The molecule has 0 aliphatic rings. The summed E-state index contributed by atoms with van der Waals surface area (Å²) in [6.45, 7) is 2.14. The monoisotopic (exact) mass is 387 g/mol. The van der Waals surface area contributed by atoms with Crippen molar-refractivity contribution in [3.63, 3.8) is 0 Å². The molecule has 146 valence electrons. The van der Waals surface area contributed by atoms with Gasteiger partial charge in [0.05, 0.1) is 22.9 Å². The van der Waals surface area contributed by atoms with Crippen molar-refractivity contribution < 1.29 is 9.94 Å². The van der Waals surface area contributed by atoms with Gasteiger partial charge < -0.3 is 19.8 Å². The number of oxime groups is 1. The number of imidazole rings is 1. The van der Waals surface area contributed by atoms with Crippen LogP contribution in [0.4, 0.5) is 11.6 Å². The minimum atomic E-state index is 0.504. The van der Waals surface area contributed by atoms with Gasteiger partial charge in [0.1, 0.15) is 11.5 Å². The highest BCUT2D eigenvalue weighted by molar-refractivity contribution is 5.81. The second-order valence-corrected chi connectivity index (χ2v) is 6.59. The number of hydrogen-bond acceptors (Lipinski definition) is 6. The van der Waals surface area contributed by atoms with Gasteiger partial charge >= 0.3 is 0 Å². The molecule has 0 fully saturated rings. The Morgan fingerprint density at radius 1 is 1.14 bits per heavy atom. The number of aromatic nitrogens is 3. The maximum atomic E-state index is 8.65. The van der Waals surface area contributed by atoms with Crippen LogP contribution in [0.3, 0.4) is 0 Å². The molecule has 4 aromatic rings. The Morgan fingerprint density at radius 2 is 2.00 bits per heavy atom. The Balaban J connectivity index is 1.60. The van der Waals surface area contributed by atoms with Crippen LogP contribution < -0.4 is 10.1 Å². The molecule has 2 aromatic carbocycles. The second-order valence-electron chi connectivity index (χ2n) is 6.59. The Hall–Kier alpha value is -3.87. The minimum absolute atomic E-state index is 0.504. The average molecular weight is 387 g/mol. The summed E-state index contributed by atoms with van der Waals surface area (Å²) in [5.74, 6) is 2.02. The smallest absolute Gasteiger partial charge is 0.208 e. The Bertz CT molecular complexity index is 1180. The number of fused-ring (bicyclic) bond motifs is 1. The third kappa shape index (κ3) is 4.03. The van der Waals surface area contributed by atoms with Gasteiger partial charge in [0.2, 0.25) is 5.95 Å². The largest absolute Gasteiger partial charge is 0.457 e. The molecule has 7 heteroatoms. The van der Waals surface area contributed by atoms with Gasteiger partial charge in [-0.15, -0.1) is 0 Å². The number of benzene rings is 2. The topological polar surface area (TPSA) is 84.6 Å². The first-order valence-corrected chi connectivity index (χ1v) is 9.30. The van der Waals surface area contributed by atoms with E-state index in [0.29, 0.717) is 17.2 Å². The fourth-order valence-electron chi connectivity index (χ4n) is 3.11. The SMILES string of the molecule is CCc1cccc(Nc2nc3cc(Oc4ccnc(/C=N/O)c4)ccc3n2C)c1. The Kier molecular flexibility index (Phi) is 5.11. The molecule has 0 amide bonds. The van der Waals surface area contributed by atoms with Crippen LogP contribution >= 0.6 is 0 Å². The highest BCUT2D eigenvalue weighted by Crippen LogP contribution is 2.28. The van der Waals surface area contributed by atoms with Crippen molar-refractivity contribution in [1.82, 2.24) is 14.5 Å². The van der Waals surface area contributed by atoms with Gasteiger partial charge in [0, 0.05) is 31.1 Å². The number of aryl methyl sites for hydroxylation is 2. The molecule has 2 N–H and O–H groups in total. The lowest BCUT2D eigenvalue weighted by Crippen LogP contribution is -1.99. The summed E-state index contributed by atoms with van der Waals surface area (Å²) in [4.78, 5) is 8.79. The standard InChI is InChI=1S/C22H21N5O2/c1-3-15-5-4-6-16(11-15)25-22-26-20-13-18(7-8-21(20)27(22)2)29-19-9-10-23-17(12-19)14-24-28/h4-14,28H,3H2,1-2H3,(H,25,26)/b24-14+. The van der Waals surface area contributed by atoms with Crippen molar-refractivity contribution in [1.29, 1.82) is 0 Å². The number of rotatable bonds is 6. The molecular weight excluding hydrogens is 366 g/mol. The maximum absolute atomic E-state index is 8.65. The molecule has 0 aliphatic carbocycles. The molecule has 0 radical (unpaired) electrons. The zero-order valence-electron chi connectivity index (χ0n) is 16.2. The molecule has 2 aromatic heterocycles. The number of pyridine rings is 1. The van der Waals surface area contributed by atoms with Crippen LogP contribution in [0.2, 0.25) is 0 Å². The molecule has 0 atom stereocenters. The normalized spacial score (nSPS) is 11.2. The molecule has 0 spiro atoms. The van der Waals surface area contributed by atoms with E-state index in [9.17, 15) is 0 Å². The number of nitrogens with zero attached hydrogens (tertiary/aromatic N) is 4. The van der Waals surface area contributed by atoms with Gasteiger partial charge in [-0.2, -0.15) is 0 Å². The summed E-state index contributed by atoms with van der Waals surface area (Å²) >= 11 is 0. The fraction of sp³-hybridized carbons (Fsp3) is 0.136. The van der Waals surface area contributed by atoms with E-state index in [1.165, 1.54) is 11.8 Å². The zero-order valence-corrected chi connectivity index (χ0v) is 16.2. The van der Waals surface area contributed by atoms with Crippen LogP contribution in [-0.4, -0.2) is 26.0 Å². The third-order valence-corrected chi connectivity index (χ3v) is 4.62. The number of nitrogens with one attached hydrogen (secondary N) is 1. The van der Waals surface area contributed by atoms with Crippen LogP contribution in [0, 0.1) is 0 Å². The van der Waals surface area contributed by atoms with Crippen molar-refractivity contribution in [2.45, 2.75) is 13.3 Å². The predicted molar refractivity (Wildman–Crippen MR) is 114 cm³/mol. The van der Waals surface area contributed by atoms with Crippen LogP contribution in [0.5, 0.6) is 11.5 Å². The van der Waals surface area contributed by atoms with Gasteiger partial charge in [-0.05, 0) is 42.3 Å². The van der Waals surface area contributed by atoms with Gasteiger partial charge in [-0.25, -0.2) is 4.98 Å². The first-order chi connectivity index (χ1) is 14.2. The van der Waals surface area contributed by atoms with Crippen molar-refractivity contribution in [2.75, 3.05) is 5.32 Å². The van der Waals surface area contributed by atoms with Gasteiger partial charge in [-0.3, -0.25) is 4.98 Å². The first-order valence-electron chi connectivity index (χ1n) is 9.30. The summed E-state index contributed by atoms with van der Waals surface area (Å²) in [6, 6.07) is 17.5. The molecular formula is C22H21N5O2. The van der Waals surface area contributed by atoms with Crippen molar-refractivity contribution in [3.05, 3.63) is 72.1 Å². The summed E-state index contributed by atoms with van der Waals surface area (Å²) in [5, 5.41) is 15.0. The second kappa shape index (κ2) is 8.02. The lowest BCUT2D eigenvalue weighted by Gasteiger charge is -2.07. The molecule has 29 heavy (non-hydrogen) atoms. The predicted octanol–water partition coefficient (Wildman–Crippen LogP) is 4.87. The summed E-state index contributed by atoms with van der Waals surface area (Å²) < 4.78 is 7.93. The van der Waals surface area contributed by atoms with E-state index in [2.05, 4.69) is 34.5 Å². The van der Waals surface area contributed by atoms with Crippen LogP contribution in [-0.2, 0) is 13.5 Å². The van der Waals surface area contributed by atoms with Crippen LogP contribution in [0.15, 0.2) is 65.9 Å². The molecule has 0 unspecified atom stereocenters. The highest BCUT2D eigenvalue weighted by Gasteiger charge is 2.10. The molecule has 0 aliphatic heterocycles. The van der Waals surface area contributed by atoms with E-state index in [-0.39, 0.29) is 0 Å². The third-order valence-electron chi connectivity index (χ3n) is 4.62. The van der Waals surface area contributed by atoms with Crippen molar-refractivity contribution in [3.8, 4) is 11.5 Å². The lowest BCUT2D eigenvalue weighted by atomic mass is 10.1. The van der Waals surface area contributed by atoms with E-state index >= 15 is 0 Å². The molecule has 2 heterocycles. The molecule has 0 saturated carbocycles. The molecule has 0 bridgehead atoms. The zero-order chi connectivity index (χ0) is 20.2. The summed E-state index contributed by atoms with van der Waals surface area (Å²) in [5.41, 5.74) is 4.60. The van der Waals surface area contributed by atoms with Crippen molar-refractivity contribution in [2.24, 2.45) is 12.2 Å². The van der Waals surface area contributed by atoms with Crippen molar-refractivity contribution >= 4 is 28.9 Å². The molecule has 0 saturated heterocycles. The quantitative estimate of drug-likeness (QED) is 0.280. The van der Waals surface area contributed by atoms with E-state index in [4.69, 9.17) is 14.9 Å². The number of anilines is 2. The highest BCUT2D eigenvalue weighted by atomic mass is 16.5. The summed E-state index contributed by atoms with van der Waals surface area (Å²) in [7, 11) is 1.98. The van der Waals surface area contributed by atoms with E-state index < -0.39 is 0 Å². The molecule has 7 nitrogen and oxygen atoms in total. The van der Waals surface area contributed by atoms with Gasteiger partial charge in [-0.1, -0.05) is 24.2 Å². The minimum Gasteiger partial charge on any atom is -0.457 e. The summed E-state index contributed by atoms with van der Waals surface area (Å²) in [6.07, 6.45) is 3.83. The maximum Gasteiger partial charge on any atom is 0.208 e. The first kappa shape index (κ1) is 18.5.